The number of hydrogen-bond acceptors (Lipinski definition) is 8. The molecule has 166 valence electrons. The number of nitrogen functional groups attached to an aromatic ring is 1. The van der Waals surface area contributed by atoms with Gasteiger partial charge in [-0.3, -0.25) is 31.3 Å². The number of halogens is 3. The molecule has 2 amide bonds. The molecule has 32 heavy (non-hydrogen) atoms. The van der Waals surface area contributed by atoms with Crippen molar-refractivity contribution in [1.82, 2.24) is 20.8 Å². The molecule has 0 bridgehead atoms. The molecule has 0 aliphatic heterocycles. The van der Waals surface area contributed by atoms with Crippen molar-refractivity contribution in [2.24, 2.45) is 0 Å². The predicted octanol–water partition coefficient (Wildman–Crippen LogP) is 2.78. The molecule has 0 aliphatic carbocycles. The van der Waals surface area contributed by atoms with Gasteiger partial charge in [-0.1, -0.05) is 35.3 Å². The summed E-state index contributed by atoms with van der Waals surface area (Å²) in [5.41, 5.74) is 15.4. The number of carbonyl (C=O) groups is 2. The second kappa shape index (κ2) is 10.5. The Morgan fingerprint density at radius 3 is 2.41 bits per heavy atom. The van der Waals surface area contributed by atoms with E-state index in [1.165, 1.54) is 30.3 Å². The van der Waals surface area contributed by atoms with E-state index in [1.54, 1.807) is 6.07 Å². The summed E-state index contributed by atoms with van der Waals surface area (Å²) in [5.74, 6) is -1.64. The van der Waals surface area contributed by atoms with Crippen LogP contribution >= 0.6 is 23.2 Å². The van der Waals surface area contributed by atoms with E-state index in [0.717, 1.165) is 12.4 Å². The summed E-state index contributed by atoms with van der Waals surface area (Å²) in [6.45, 7) is -0.358. The van der Waals surface area contributed by atoms with Gasteiger partial charge in [0.05, 0.1) is 10.6 Å². The lowest BCUT2D eigenvalue weighted by Crippen LogP contribution is -2.35. The number of nitrogens with one attached hydrogen (secondary N) is 4. The van der Waals surface area contributed by atoms with Crippen molar-refractivity contribution in [3.05, 3.63) is 70.2 Å². The fraction of sp³-hybridized carbons (Fsp3) is 0.0526. The molecule has 0 unspecified atom stereocenters. The van der Waals surface area contributed by atoms with Gasteiger partial charge in [0, 0.05) is 5.02 Å². The maximum absolute atomic E-state index is 13.7. The normalized spacial score (nSPS) is 10.2. The van der Waals surface area contributed by atoms with Crippen LogP contribution in [0.5, 0.6) is 5.75 Å². The largest absolute Gasteiger partial charge is 0.482 e. The molecule has 0 aliphatic rings. The molecule has 0 saturated carbocycles. The SMILES string of the molecule is Nc1c(NNC(=O)COc2ccc(Cl)cc2Cl)ncnc1NNC(=O)c1ccccc1F. The van der Waals surface area contributed by atoms with Gasteiger partial charge in [-0.2, -0.15) is 0 Å². The summed E-state index contributed by atoms with van der Waals surface area (Å²) >= 11 is 11.8. The molecule has 0 atom stereocenters. The van der Waals surface area contributed by atoms with Crippen LogP contribution in [0.15, 0.2) is 48.8 Å². The number of benzene rings is 2. The molecule has 10 nitrogen and oxygen atoms in total. The monoisotopic (exact) mass is 479 g/mol. The van der Waals surface area contributed by atoms with Crippen LogP contribution in [0.3, 0.4) is 0 Å². The number of aromatic nitrogens is 2. The van der Waals surface area contributed by atoms with Crippen molar-refractivity contribution < 1.29 is 18.7 Å². The van der Waals surface area contributed by atoms with E-state index in [4.69, 9.17) is 33.7 Å². The Hall–Kier alpha value is -3.83. The standard InChI is InChI=1S/C19H16Cl2FN7O3/c20-10-5-6-14(12(21)7-10)32-8-15(30)26-27-17-16(23)18(25-9-24-17)28-29-19(31)11-3-1-2-4-13(11)22/h1-7,9H,8,23H2,(H,26,30)(H,29,31)(H2,24,25,27,28). The molecule has 0 fully saturated rings. The molecule has 1 aromatic heterocycles. The minimum atomic E-state index is -0.734. The number of hydrogen-bond donors (Lipinski definition) is 5. The molecule has 0 saturated heterocycles. The first-order valence-corrected chi connectivity index (χ1v) is 9.65. The van der Waals surface area contributed by atoms with Crippen molar-refractivity contribution in [3.8, 4) is 5.75 Å². The molecule has 13 heteroatoms. The molecule has 1 heterocycles. The van der Waals surface area contributed by atoms with Gasteiger partial charge in [0.2, 0.25) is 0 Å². The van der Waals surface area contributed by atoms with Gasteiger partial charge in [0.25, 0.3) is 11.8 Å². The van der Waals surface area contributed by atoms with E-state index in [1.807, 2.05) is 0 Å². The number of ether oxygens (including phenoxy) is 1. The van der Waals surface area contributed by atoms with Crippen molar-refractivity contribution in [2.75, 3.05) is 23.2 Å². The van der Waals surface area contributed by atoms with Crippen molar-refractivity contribution in [1.29, 1.82) is 0 Å². The van der Waals surface area contributed by atoms with E-state index in [9.17, 15) is 14.0 Å². The summed E-state index contributed by atoms with van der Waals surface area (Å²) < 4.78 is 19.0. The highest BCUT2D eigenvalue weighted by molar-refractivity contribution is 6.35. The zero-order valence-electron chi connectivity index (χ0n) is 16.2. The third-order valence-electron chi connectivity index (χ3n) is 3.87. The zero-order chi connectivity index (χ0) is 23.1. The van der Waals surface area contributed by atoms with Crippen LogP contribution < -0.4 is 32.2 Å². The van der Waals surface area contributed by atoms with E-state index in [2.05, 4.69) is 31.7 Å². The van der Waals surface area contributed by atoms with Crippen LogP contribution in [0.2, 0.25) is 10.0 Å². The van der Waals surface area contributed by atoms with Gasteiger partial charge < -0.3 is 10.5 Å². The maximum atomic E-state index is 13.7. The maximum Gasteiger partial charge on any atom is 0.276 e. The van der Waals surface area contributed by atoms with E-state index in [-0.39, 0.29) is 40.3 Å². The quantitative estimate of drug-likeness (QED) is 0.310. The third-order valence-corrected chi connectivity index (χ3v) is 4.40. The van der Waals surface area contributed by atoms with Gasteiger partial charge in [-0.25, -0.2) is 14.4 Å². The first-order chi connectivity index (χ1) is 15.3. The average molecular weight is 480 g/mol. The van der Waals surface area contributed by atoms with Crippen LogP contribution in [-0.4, -0.2) is 28.4 Å². The number of nitrogens with zero attached hydrogens (tertiary/aromatic N) is 2. The summed E-state index contributed by atoms with van der Waals surface area (Å²) in [6, 6.07) is 10.0. The second-order valence-electron chi connectivity index (χ2n) is 6.08. The van der Waals surface area contributed by atoms with Crippen LogP contribution in [0, 0.1) is 5.82 Å². The number of hydrazine groups is 2. The van der Waals surface area contributed by atoms with Crippen LogP contribution in [0.4, 0.5) is 21.7 Å². The van der Waals surface area contributed by atoms with Gasteiger partial charge in [-0.15, -0.1) is 0 Å². The van der Waals surface area contributed by atoms with E-state index in [0.29, 0.717) is 5.02 Å². The van der Waals surface area contributed by atoms with Gasteiger partial charge in [-0.05, 0) is 30.3 Å². The lowest BCUT2D eigenvalue weighted by atomic mass is 10.2. The zero-order valence-corrected chi connectivity index (χ0v) is 17.7. The van der Waals surface area contributed by atoms with E-state index < -0.39 is 17.6 Å². The molecular formula is C19H16Cl2FN7O3. The topological polar surface area (TPSA) is 143 Å². The van der Waals surface area contributed by atoms with Gasteiger partial charge >= 0.3 is 0 Å². The van der Waals surface area contributed by atoms with Crippen LogP contribution in [-0.2, 0) is 4.79 Å². The highest BCUT2D eigenvalue weighted by atomic mass is 35.5. The Balaban J connectivity index is 1.54. The summed E-state index contributed by atoms with van der Waals surface area (Å²) in [5, 5.41) is 0.689. The molecule has 3 rings (SSSR count). The molecule has 6 N–H and O–H groups in total. The first-order valence-electron chi connectivity index (χ1n) is 8.89. The number of anilines is 3. The summed E-state index contributed by atoms with van der Waals surface area (Å²) in [7, 11) is 0. The minimum Gasteiger partial charge on any atom is -0.482 e. The van der Waals surface area contributed by atoms with E-state index >= 15 is 0 Å². The Morgan fingerprint density at radius 2 is 1.72 bits per heavy atom. The molecule has 0 radical (unpaired) electrons. The predicted molar refractivity (Wildman–Crippen MR) is 118 cm³/mol. The van der Waals surface area contributed by atoms with Gasteiger partial charge in [0.1, 0.15) is 23.6 Å². The Morgan fingerprint density at radius 1 is 1.03 bits per heavy atom. The number of nitrogens with two attached hydrogens (primary N) is 1. The number of rotatable bonds is 8. The smallest absolute Gasteiger partial charge is 0.276 e. The van der Waals surface area contributed by atoms with Gasteiger partial charge in [0.15, 0.2) is 18.2 Å². The minimum absolute atomic E-state index is 0.0191. The number of carbonyl (C=O) groups excluding carboxylic acids is 2. The highest BCUT2D eigenvalue weighted by Gasteiger charge is 2.13. The lowest BCUT2D eigenvalue weighted by Gasteiger charge is -2.14. The van der Waals surface area contributed by atoms with Crippen LogP contribution in [0.25, 0.3) is 0 Å². The van der Waals surface area contributed by atoms with Crippen molar-refractivity contribution in [3.63, 3.8) is 0 Å². The average Bonchev–Trinajstić information content (AvgIpc) is 2.77. The summed E-state index contributed by atoms with van der Waals surface area (Å²) in [4.78, 5) is 31.9. The van der Waals surface area contributed by atoms with Crippen molar-refractivity contribution in [2.45, 2.75) is 0 Å². The van der Waals surface area contributed by atoms with Crippen molar-refractivity contribution >= 4 is 52.3 Å². The third kappa shape index (κ3) is 5.86. The second-order valence-corrected chi connectivity index (χ2v) is 6.92. The first kappa shape index (κ1) is 22.8. The Kier molecular flexibility index (Phi) is 7.47. The molecule has 0 spiro atoms. The summed E-state index contributed by atoms with van der Waals surface area (Å²) in [6.07, 6.45) is 1.13. The number of amides is 2. The fourth-order valence-electron chi connectivity index (χ4n) is 2.32. The Bertz CT molecular complexity index is 1150. The highest BCUT2D eigenvalue weighted by Crippen LogP contribution is 2.27. The molecule has 2 aromatic carbocycles. The fourth-order valence-corrected chi connectivity index (χ4v) is 2.79. The molecular weight excluding hydrogens is 464 g/mol. The molecule has 3 aromatic rings. The van der Waals surface area contributed by atoms with Crippen LogP contribution in [0.1, 0.15) is 10.4 Å². The Labute approximate surface area is 191 Å². The lowest BCUT2D eigenvalue weighted by molar-refractivity contribution is -0.122.